The molecule has 0 amide bonds. The van der Waals surface area contributed by atoms with Crippen molar-refractivity contribution < 1.29 is 4.74 Å². The van der Waals surface area contributed by atoms with Crippen molar-refractivity contribution in [1.82, 2.24) is 20.2 Å². The van der Waals surface area contributed by atoms with Crippen molar-refractivity contribution in [3.05, 3.63) is 12.2 Å². The Bertz CT molecular complexity index is 401. The van der Waals surface area contributed by atoms with E-state index in [1.807, 2.05) is 11.6 Å². The lowest BCUT2D eigenvalue weighted by Gasteiger charge is -2.39. The Kier molecular flexibility index (Phi) is 7.28. The first-order valence-corrected chi connectivity index (χ1v) is 7.99. The van der Waals surface area contributed by atoms with Crippen molar-refractivity contribution in [3.8, 4) is 0 Å². The molecule has 0 aliphatic rings. The van der Waals surface area contributed by atoms with E-state index < -0.39 is 0 Å². The molecule has 0 saturated heterocycles. The van der Waals surface area contributed by atoms with Crippen molar-refractivity contribution in [2.75, 3.05) is 6.61 Å². The predicted molar refractivity (Wildman–Crippen MR) is 84.6 cm³/mol. The summed E-state index contributed by atoms with van der Waals surface area (Å²) in [5.41, 5.74) is 2.68. The van der Waals surface area contributed by atoms with Crippen molar-refractivity contribution in [2.45, 2.75) is 72.1 Å². The summed E-state index contributed by atoms with van der Waals surface area (Å²) in [4.78, 5) is 4.40. The maximum absolute atomic E-state index is 6.05. The van der Waals surface area contributed by atoms with Crippen LogP contribution in [-0.2, 0) is 17.7 Å². The SMILES string of the molecule is CCOC(CC)(CC)C(Cc1ncnn1CC(C)C)NN. The summed E-state index contributed by atoms with van der Waals surface area (Å²) in [6, 6.07) is 0.0163. The van der Waals surface area contributed by atoms with Gasteiger partial charge in [-0.15, -0.1) is 0 Å². The van der Waals surface area contributed by atoms with Crippen LogP contribution in [0.3, 0.4) is 0 Å². The zero-order chi connectivity index (χ0) is 15.9. The summed E-state index contributed by atoms with van der Waals surface area (Å²) in [6.45, 7) is 12.2. The highest BCUT2D eigenvalue weighted by atomic mass is 16.5. The summed E-state index contributed by atoms with van der Waals surface area (Å²) < 4.78 is 8.02. The van der Waals surface area contributed by atoms with E-state index in [-0.39, 0.29) is 11.6 Å². The lowest BCUT2D eigenvalue weighted by atomic mass is 9.86. The third-order valence-electron chi connectivity index (χ3n) is 4.09. The van der Waals surface area contributed by atoms with Gasteiger partial charge in [-0.1, -0.05) is 27.7 Å². The Hall–Kier alpha value is -0.980. The molecule has 0 aromatic carbocycles. The molecule has 0 fully saturated rings. The highest BCUT2D eigenvalue weighted by molar-refractivity contribution is 4.99. The van der Waals surface area contributed by atoms with Crippen LogP contribution in [0, 0.1) is 5.92 Å². The molecule has 3 N–H and O–H groups in total. The fourth-order valence-corrected chi connectivity index (χ4v) is 2.86. The van der Waals surface area contributed by atoms with E-state index in [2.05, 4.69) is 43.2 Å². The largest absolute Gasteiger partial charge is 0.374 e. The summed E-state index contributed by atoms with van der Waals surface area (Å²) in [5, 5.41) is 4.32. The van der Waals surface area contributed by atoms with E-state index in [4.69, 9.17) is 10.6 Å². The third-order valence-corrected chi connectivity index (χ3v) is 4.09. The molecule has 0 spiro atoms. The van der Waals surface area contributed by atoms with E-state index in [0.29, 0.717) is 18.9 Å². The molecule has 1 atom stereocenters. The monoisotopic (exact) mass is 297 g/mol. The summed E-state index contributed by atoms with van der Waals surface area (Å²) in [7, 11) is 0. The highest BCUT2D eigenvalue weighted by Crippen LogP contribution is 2.26. The standard InChI is InChI=1S/C15H31N5O/c1-6-15(7-2,21-8-3)13(19-16)9-14-17-11-18-20(14)10-12(4)5/h11-13,19H,6-10,16H2,1-5H3. The summed E-state index contributed by atoms with van der Waals surface area (Å²) in [5.74, 6) is 7.31. The van der Waals surface area contributed by atoms with Gasteiger partial charge in [-0.05, 0) is 25.7 Å². The van der Waals surface area contributed by atoms with Gasteiger partial charge in [0, 0.05) is 19.6 Å². The van der Waals surface area contributed by atoms with Crippen molar-refractivity contribution >= 4 is 0 Å². The average Bonchev–Trinajstić information content (AvgIpc) is 2.89. The zero-order valence-electron chi connectivity index (χ0n) is 14.1. The van der Waals surface area contributed by atoms with E-state index in [1.165, 1.54) is 0 Å². The van der Waals surface area contributed by atoms with Crippen LogP contribution in [0.5, 0.6) is 0 Å². The molecular formula is C15H31N5O. The predicted octanol–water partition coefficient (Wildman–Crippen LogP) is 1.90. The lowest BCUT2D eigenvalue weighted by Crippen LogP contribution is -2.56. The number of hydrogen-bond donors (Lipinski definition) is 2. The maximum atomic E-state index is 6.05. The van der Waals surface area contributed by atoms with E-state index in [9.17, 15) is 0 Å². The molecule has 0 saturated carbocycles. The molecule has 6 heteroatoms. The Morgan fingerprint density at radius 3 is 2.48 bits per heavy atom. The molecule has 0 aliphatic heterocycles. The first-order valence-electron chi connectivity index (χ1n) is 7.99. The topological polar surface area (TPSA) is 78.0 Å². The maximum Gasteiger partial charge on any atom is 0.138 e. The Morgan fingerprint density at radius 1 is 1.33 bits per heavy atom. The highest BCUT2D eigenvalue weighted by Gasteiger charge is 2.36. The number of hydrogen-bond acceptors (Lipinski definition) is 5. The van der Waals surface area contributed by atoms with Crippen LogP contribution in [0.2, 0.25) is 0 Å². The number of nitrogens with one attached hydrogen (secondary N) is 1. The molecule has 1 rings (SSSR count). The molecular weight excluding hydrogens is 266 g/mol. The zero-order valence-corrected chi connectivity index (χ0v) is 14.1. The van der Waals surface area contributed by atoms with Crippen LogP contribution in [0.15, 0.2) is 6.33 Å². The molecule has 1 aromatic rings. The van der Waals surface area contributed by atoms with Gasteiger partial charge in [-0.3, -0.25) is 11.3 Å². The molecule has 0 radical (unpaired) electrons. The molecule has 0 bridgehead atoms. The van der Waals surface area contributed by atoms with Crippen molar-refractivity contribution in [2.24, 2.45) is 11.8 Å². The van der Waals surface area contributed by atoms with Gasteiger partial charge in [0.05, 0.1) is 11.6 Å². The summed E-state index contributed by atoms with van der Waals surface area (Å²) >= 11 is 0. The second-order valence-electron chi connectivity index (χ2n) is 5.88. The van der Waals surface area contributed by atoms with Gasteiger partial charge in [0.2, 0.25) is 0 Å². The molecule has 6 nitrogen and oxygen atoms in total. The quantitative estimate of drug-likeness (QED) is 0.509. The number of aromatic nitrogens is 3. The molecule has 0 aliphatic carbocycles. The minimum absolute atomic E-state index is 0.0163. The molecule has 1 unspecified atom stereocenters. The van der Waals surface area contributed by atoms with E-state index in [0.717, 1.165) is 25.2 Å². The van der Waals surface area contributed by atoms with Gasteiger partial charge in [-0.25, -0.2) is 9.67 Å². The fourth-order valence-electron chi connectivity index (χ4n) is 2.86. The minimum Gasteiger partial charge on any atom is -0.374 e. The first kappa shape index (κ1) is 18.1. The van der Waals surface area contributed by atoms with Crippen LogP contribution in [0.25, 0.3) is 0 Å². The number of ether oxygens (including phenoxy) is 1. The Labute approximate surface area is 128 Å². The molecule has 122 valence electrons. The lowest BCUT2D eigenvalue weighted by molar-refractivity contribution is -0.0725. The number of nitrogens with zero attached hydrogens (tertiary/aromatic N) is 3. The average molecular weight is 297 g/mol. The molecule has 1 aromatic heterocycles. The number of nitrogens with two attached hydrogens (primary N) is 1. The van der Waals surface area contributed by atoms with Gasteiger partial charge >= 0.3 is 0 Å². The van der Waals surface area contributed by atoms with Crippen LogP contribution >= 0.6 is 0 Å². The van der Waals surface area contributed by atoms with Crippen molar-refractivity contribution in [1.29, 1.82) is 0 Å². The van der Waals surface area contributed by atoms with Crippen LogP contribution in [0.4, 0.5) is 0 Å². The fraction of sp³-hybridized carbons (Fsp3) is 0.867. The second kappa shape index (κ2) is 8.46. The normalized spacial score (nSPS) is 13.9. The van der Waals surface area contributed by atoms with E-state index >= 15 is 0 Å². The molecule has 1 heterocycles. The third kappa shape index (κ3) is 4.49. The summed E-state index contributed by atoms with van der Waals surface area (Å²) in [6.07, 6.45) is 4.14. The number of rotatable bonds is 10. The van der Waals surface area contributed by atoms with Gasteiger partial charge in [0.25, 0.3) is 0 Å². The Balaban J connectivity index is 2.93. The molecule has 21 heavy (non-hydrogen) atoms. The van der Waals surface area contributed by atoms with Gasteiger partial charge in [0.15, 0.2) is 0 Å². The van der Waals surface area contributed by atoms with Gasteiger partial charge < -0.3 is 4.74 Å². The Morgan fingerprint density at radius 2 is 2.00 bits per heavy atom. The van der Waals surface area contributed by atoms with Gasteiger partial charge in [-0.2, -0.15) is 5.10 Å². The second-order valence-corrected chi connectivity index (χ2v) is 5.88. The minimum atomic E-state index is -0.266. The first-order chi connectivity index (χ1) is 10.0. The van der Waals surface area contributed by atoms with E-state index in [1.54, 1.807) is 6.33 Å². The van der Waals surface area contributed by atoms with Crippen LogP contribution in [0.1, 0.15) is 53.3 Å². The van der Waals surface area contributed by atoms with Crippen LogP contribution in [-0.4, -0.2) is 33.0 Å². The van der Waals surface area contributed by atoms with Crippen LogP contribution < -0.4 is 11.3 Å². The van der Waals surface area contributed by atoms with Crippen molar-refractivity contribution in [3.63, 3.8) is 0 Å². The number of hydrazine groups is 1. The smallest absolute Gasteiger partial charge is 0.138 e. The van der Waals surface area contributed by atoms with Gasteiger partial charge in [0.1, 0.15) is 12.2 Å².